The lowest BCUT2D eigenvalue weighted by Crippen LogP contribution is -2.50. The Labute approximate surface area is 99.8 Å². The van der Waals surface area contributed by atoms with E-state index in [1.54, 1.807) is 0 Å². The first kappa shape index (κ1) is 13.9. The van der Waals surface area contributed by atoms with Crippen molar-refractivity contribution in [2.75, 3.05) is 26.7 Å². The lowest BCUT2D eigenvalue weighted by atomic mass is 9.92. The van der Waals surface area contributed by atoms with Gasteiger partial charge in [0.15, 0.2) is 0 Å². The molecule has 3 heteroatoms. The maximum atomic E-state index is 14.6. The summed E-state index contributed by atoms with van der Waals surface area (Å²) in [5, 5.41) is 0. The van der Waals surface area contributed by atoms with Crippen molar-refractivity contribution in [3.05, 3.63) is 0 Å². The zero-order valence-electron chi connectivity index (χ0n) is 11.5. The van der Waals surface area contributed by atoms with Crippen molar-refractivity contribution < 1.29 is 4.39 Å². The number of likely N-dealkylation sites (tertiary alicyclic amines) is 1. The standard InChI is InChI=1S/C13H27FN2/c1-11(2)15(5)10-13(14)6-8-16(9-7-13)12(3)4/h11-12H,6-10H2,1-5H3. The van der Waals surface area contributed by atoms with Crippen LogP contribution in [0.4, 0.5) is 4.39 Å². The number of alkyl halides is 1. The van der Waals surface area contributed by atoms with Crippen molar-refractivity contribution in [1.29, 1.82) is 0 Å². The van der Waals surface area contributed by atoms with E-state index in [-0.39, 0.29) is 0 Å². The van der Waals surface area contributed by atoms with Crippen molar-refractivity contribution >= 4 is 0 Å². The molecule has 0 saturated carbocycles. The van der Waals surface area contributed by atoms with Gasteiger partial charge >= 0.3 is 0 Å². The fourth-order valence-electron chi connectivity index (χ4n) is 2.23. The molecule has 1 fully saturated rings. The molecule has 1 aliphatic rings. The predicted molar refractivity (Wildman–Crippen MR) is 67.5 cm³/mol. The van der Waals surface area contributed by atoms with Crippen molar-refractivity contribution in [3.8, 4) is 0 Å². The van der Waals surface area contributed by atoms with E-state index in [1.807, 2.05) is 7.05 Å². The molecule has 0 unspecified atom stereocenters. The monoisotopic (exact) mass is 230 g/mol. The number of rotatable bonds is 4. The SMILES string of the molecule is CC(C)N(C)CC1(F)CCN(C(C)C)CC1. The second-order valence-electron chi connectivity index (χ2n) is 5.79. The number of hydrogen-bond acceptors (Lipinski definition) is 2. The molecule has 0 aromatic carbocycles. The highest BCUT2D eigenvalue weighted by Crippen LogP contribution is 2.28. The van der Waals surface area contributed by atoms with Gasteiger partial charge in [0.2, 0.25) is 0 Å². The fourth-order valence-corrected chi connectivity index (χ4v) is 2.23. The van der Waals surface area contributed by atoms with Gasteiger partial charge in [-0.05, 0) is 47.6 Å². The van der Waals surface area contributed by atoms with Gasteiger partial charge in [0.05, 0.1) is 0 Å². The van der Waals surface area contributed by atoms with Gasteiger partial charge in [-0.15, -0.1) is 0 Å². The molecule has 16 heavy (non-hydrogen) atoms. The van der Waals surface area contributed by atoms with Gasteiger partial charge in [0.1, 0.15) is 5.67 Å². The molecule has 96 valence electrons. The van der Waals surface area contributed by atoms with Gasteiger partial charge in [0, 0.05) is 31.7 Å². The molecule has 0 spiro atoms. The molecule has 0 radical (unpaired) electrons. The fraction of sp³-hybridized carbons (Fsp3) is 1.00. The molecular weight excluding hydrogens is 203 g/mol. The molecule has 0 aromatic rings. The minimum Gasteiger partial charge on any atom is -0.301 e. The van der Waals surface area contributed by atoms with Crippen LogP contribution in [0.3, 0.4) is 0 Å². The molecule has 0 N–H and O–H groups in total. The summed E-state index contributed by atoms with van der Waals surface area (Å²) in [6, 6.07) is 0.975. The summed E-state index contributed by atoms with van der Waals surface area (Å²) in [6.45, 7) is 11.0. The number of piperidine rings is 1. The molecule has 1 rings (SSSR count). The lowest BCUT2D eigenvalue weighted by Gasteiger charge is -2.40. The van der Waals surface area contributed by atoms with Crippen LogP contribution in [0.5, 0.6) is 0 Å². The first-order valence-electron chi connectivity index (χ1n) is 6.47. The summed E-state index contributed by atoms with van der Waals surface area (Å²) in [6.07, 6.45) is 1.37. The van der Waals surface area contributed by atoms with Gasteiger partial charge in [-0.25, -0.2) is 4.39 Å². The van der Waals surface area contributed by atoms with E-state index in [0.29, 0.717) is 31.5 Å². The minimum absolute atomic E-state index is 0.427. The molecule has 0 aliphatic carbocycles. The van der Waals surface area contributed by atoms with Crippen molar-refractivity contribution in [1.82, 2.24) is 9.80 Å². The van der Waals surface area contributed by atoms with E-state index in [0.717, 1.165) is 13.1 Å². The van der Waals surface area contributed by atoms with Gasteiger partial charge in [-0.3, -0.25) is 0 Å². The van der Waals surface area contributed by atoms with Gasteiger partial charge in [0.25, 0.3) is 0 Å². The highest BCUT2D eigenvalue weighted by molar-refractivity contribution is 4.89. The molecule has 0 amide bonds. The number of halogens is 1. The maximum absolute atomic E-state index is 14.6. The number of nitrogens with zero attached hydrogens (tertiary/aromatic N) is 2. The van der Waals surface area contributed by atoms with Crippen LogP contribution in [0.2, 0.25) is 0 Å². The molecule has 0 aromatic heterocycles. The Balaban J connectivity index is 2.44. The maximum Gasteiger partial charge on any atom is 0.126 e. The second kappa shape index (κ2) is 5.46. The van der Waals surface area contributed by atoms with Gasteiger partial charge < -0.3 is 9.80 Å². The first-order chi connectivity index (χ1) is 7.34. The van der Waals surface area contributed by atoms with E-state index < -0.39 is 5.67 Å². The van der Waals surface area contributed by atoms with Crippen molar-refractivity contribution in [2.45, 2.75) is 58.3 Å². The second-order valence-corrected chi connectivity index (χ2v) is 5.79. The van der Waals surface area contributed by atoms with Crippen LogP contribution in [0, 0.1) is 0 Å². The molecule has 0 atom stereocenters. The summed E-state index contributed by atoms with van der Waals surface area (Å²) in [5.41, 5.74) is -0.968. The van der Waals surface area contributed by atoms with Crippen LogP contribution in [-0.2, 0) is 0 Å². The largest absolute Gasteiger partial charge is 0.301 e. The van der Waals surface area contributed by atoms with Crippen LogP contribution in [0.1, 0.15) is 40.5 Å². The summed E-state index contributed by atoms with van der Waals surface area (Å²) in [4.78, 5) is 4.48. The zero-order chi connectivity index (χ0) is 12.3. The smallest absolute Gasteiger partial charge is 0.126 e. The Kier molecular flexibility index (Phi) is 4.74. The van der Waals surface area contributed by atoms with E-state index in [9.17, 15) is 4.39 Å². The van der Waals surface area contributed by atoms with Crippen LogP contribution >= 0.6 is 0 Å². The highest BCUT2D eigenvalue weighted by Gasteiger charge is 2.36. The quantitative estimate of drug-likeness (QED) is 0.732. The lowest BCUT2D eigenvalue weighted by molar-refractivity contribution is 0.0152. The average molecular weight is 230 g/mol. The summed E-state index contributed by atoms with van der Waals surface area (Å²) < 4.78 is 14.6. The van der Waals surface area contributed by atoms with Crippen LogP contribution < -0.4 is 0 Å². The highest BCUT2D eigenvalue weighted by atomic mass is 19.1. The Bertz CT molecular complexity index is 208. The van der Waals surface area contributed by atoms with E-state index in [2.05, 4.69) is 37.5 Å². The summed E-state index contributed by atoms with van der Waals surface area (Å²) in [7, 11) is 2.01. The molecule has 1 heterocycles. The third-order valence-corrected chi connectivity index (χ3v) is 3.84. The normalized spacial score (nSPS) is 22.3. The van der Waals surface area contributed by atoms with E-state index >= 15 is 0 Å². The molecule has 0 bridgehead atoms. The van der Waals surface area contributed by atoms with Crippen LogP contribution in [-0.4, -0.2) is 54.2 Å². The molecule has 1 aliphatic heterocycles. The van der Waals surface area contributed by atoms with E-state index in [4.69, 9.17) is 0 Å². The Morgan fingerprint density at radius 3 is 2.06 bits per heavy atom. The zero-order valence-corrected chi connectivity index (χ0v) is 11.5. The third-order valence-electron chi connectivity index (χ3n) is 3.84. The van der Waals surface area contributed by atoms with Gasteiger partial charge in [-0.1, -0.05) is 0 Å². The third kappa shape index (κ3) is 3.70. The Morgan fingerprint density at radius 1 is 1.19 bits per heavy atom. The summed E-state index contributed by atoms with van der Waals surface area (Å²) >= 11 is 0. The van der Waals surface area contributed by atoms with Crippen LogP contribution in [0.25, 0.3) is 0 Å². The predicted octanol–water partition coefficient (Wildman–Crippen LogP) is 2.54. The van der Waals surface area contributed by atoms with Crippen LogP contribution in [0.15, 0.2) is 0 Å². The minimum atomic E-state index is -0.968. The Hall–Kier alpha value is -0.150. The van der Waals surface area contributed by atoms with Crippen molar-refractivity contribution in [2.24, 2.45) is 0 Å². The summed E-state index contributed by atoms with van der Waals surface area (Å²) in [5.74, 6) is 0. The molecule has 2 nitrogen and oxygen atoms in total. The Morgan fingerprint density at radius 2 is 1.69 bits per heavy atom. The number of hydrogen-bond donors (Lipinski definition) is 0. The topological polar surface area (TPSA) is 6.48 Å². The molecule has 1 saturated heterocycles. The van der Waals surface area contributed by atoms with E-state index in [1.165, 1.54) is 0 Å². The van der Waals surface area contributed by atoms with Crippen molar-refractivity contribution in [3.63, 3.8) is 0 Å². The first-order valence-corrected chi connectivity index (χ1v) is 6.47. The molecular formula is C13H27FN2. The average Bonchev–Trinajstić information content (AvgIpc) is 2.17. The van der Waals surface area contributed by atoms with Gasteiger partial charge in [-0.2, -0.15) is 0 Å².